The number of aryl methyl sites for hydroxylation is 1. The van der Waals surface area contributed by atoms with E-state index in [1.165, 1.54) is 0 Å². The van der Waals surface area contributed by atoms with Crippen LogP contribution in [-0.2, 0) is 4.79 Å². The SMILES string of the molecule is Cc1cc(Cl)c(NC(=O)C(C)Br)c2cccnc12. The largest absolute Gasteiger partial charge is 0.323 e. The van der Waals surface area contributed by atoms with Crippen molar-refractivity contribution in [3.05, 3.63) is 35.0 Å². The average Bonchev–Trinajstić information content (AvgIpc) is 2.34. The highest BCUT2D eigenvalue weighted by molar-refractivity contribution is 9.10. The zero-order valence-corrected chi connectivity index (χ0v) is 12.3. The van der Waals surface area contributed by atoms with E-state index in [0.717, 1.165) is 16.5 Å². The Morgan fingerprint density at radius 3 is 2.94 bits per heavy atom. The molecule has 5 heteroatoms. The van der Waals surface area contributed by atoms with Crippen molar-refractivity contribution >= 4 is 50.0 Å². The number of nitrogens with zero attached hydrogens (tertiary/aromatic N) is 1. The van der Waals surface area contributed by atoms with Gasteiger partial charge in [-0.1, -0.05) is 27.5 Å². The van der Waals surface area contributed by atoms with Gasteiger partial charge in [0.25, 0.3) is 0 Å². The summed E-state index contributed by atoms with van der Waals surface area (Å²) in [6, 6.07) is 5.53. The van der Waals surface area contributed by atoms with Crippen LogP contribution in [0.1, 0.15) is 12.5 Å². The lowest BCUT2D eigenvalue weighted by Crippen LogP contribution is -2.20. The summed E-state index contributed by atoms with van der Waals surface area (Å²) in [5.41, 5.74) is 2.45. The van der Waals surface area contributed by atoms with Crippen LogP contribution in [0.25, 0.3) is 10.9 Å². The number of hydrogen-bond donors (Lipinski definition) is 1. The van der Waals surface area contributed by atoms with Gasteiger partial charge in [-0.25, -0.2) is 0 Å². The van der Waals surface area contributed by atoms with Gasteiger partial charge in [-0.05, 0) is 37.6 Å². The molecule has 0 saturated carbocycles. The molecule has 1 heterocycles. The molecule has 1 N–H and O–H groups in total. The summed E-state index contributed by atoms with van der Waals surface area (Å²) in [4.78, 5) is 15.8. The third-order valence-corrected chi connectivity index (χ3v) is 3.36. The first kappa shape index (κ1) is 13.3. The molecule has 0 aliphatic rings. The number of alkyl halides is 1. The van der Waals surface area contributed by atoms with E-state index < -0.39 is 0 Å². The van der Waals surface area contributed by atoms with Crippen LogP contribution in [0.2, 0.25) is 5.02 Å². The van der Waals surface area contributed by atoms with Gasteiger partial charge in [0, 0.05) is 11.6 Å². The highest BCUT2D eigenvalue weighted by Gasteiger charge is 2.15. The Morgan fingerprint density at radius 2 is 2.28 bits per heavy atom. The summed E-state index contributed by atoms with van der Waals surface area (Å²) in [5.74, 6) is -0.133. The number of carbonyl (C=O) groups excluding carboxylic acids is 1. The van der Waals surface area contributed by atoms with E-state index in [0.29, 0.717) is 10.7 Å². The number of hydrogen-bond acceptors (Lipinski definition) is 2. The maximum absolute atomic E-state index is 11.8. The molecule has 0 aliphatic heterocycles. The quantitative estimate of drug-likeness (QED) is 0.850. The Hall–Kier alpha value is -1.13. The number of fused-ring (bicyclic) bond motifs is 1. The summed E-state index contributed by atoms with van der Waals surface area (Å²) in [6.45, 7) is 3.71. The Morgan fingerprint density at radius 1 is 1.56 bits per heavy atom. The standard InChI is InChI=1S/C13H12BrClN2O/c1-7-6-10(15)12(17-13(18)8(2)14)9-4-3-5-16-11(7)9/h3-6,8H,1-2H3,(H,17,18). The fourth-order valence-corrected chi connectivity index (χ4v) is 2.16. The van der Waals surface area contributed by atoms with Gasteiger partial charge in [0.05, 0.1) is 21.1 Å². The number of amides is 1. The van der Waals surface area contributed by atoms with Gasteiger partial charge in [-0.3, -0.25) is 9.78 Å². The zero-order valence-electron chi connectivity index (χ0n) is 10.00. The number of aromatic nitrogens is 1. The molecule has 0 saturated heterocycles. The second-order valence-corrected chi connectivity index (χ2v) is 5.84. The van der Waals surface area contributed by atoms with Gasteiger partial charge in [-0.2, -0.15) is 0 Å². The molecule has 2 aromatic rings. The number of rotatable bonds is 2. The third-order valence-electron chi connectivity index (χ3n) is 2.64. The topological polar surface area (TPSA) is 42.0 Å². The lowest BCUT2D eigenvalue weighted by atomic mass is 10.1. The monoisotopic (exact) mass is 326 g/mol. The zero-order chi connectivity index (χ0) is 13.3. The summed E-state index contributed by atoms with van der Waals surface area (Å²) in [7, 11) is 0. The van der Waals surface area contributed by atoms with Gasteiger partial charge in [0.2, 0.25) is 5.91 Å². The second-order valence-electron chi connectivity index (χ2n) is 4.06. The van der Waals surface area contributed by atoms with Crippen molar-refractivity contribution in [2.45, 2.75) is 18.7 Å². The van der Waals surface area contributed by atoms with E-state index in [1.54, 1.807) is 13.1 Å². The van der Waals surface area contributed by atoms with E-state index in [4.69, 9.17) is 11.6 Å². The number of benzene rings is 1. The normalized spacial score (nSPS) is 12.4. The first-order chi connectivity index (χ1) is 8.50. The van der Waals surface area contributed by atoms with Crippen molar-refractivity contribution in [1.29, 1.82) is 0 Å². The molecule has 1 unspecified atom stereocenters. The molecule has 1 atom stereocenters. The van der Waals surface area contributed by atoms with E-state index in [2.05, 4.69) is 26.2 Å². The highest BCUT2D eigenvalue weighted by Crippen LogP contribution is 2.32. The molecule has 1 amide bonds. The molecule has 2 rings (SSSR count). The molecular weight excluding hydrogens is 316 g/mol. The van der Waals surface area contributed by atoms with E-state index in [9.17, 15) is 4.79 Å². The predicted octanol–water partition coefficient (Wildman–Crippen LogP) is 3.92. The smallest absolute Gasteiger partial charge is 0.237 e. The fourth-order valence-electron chi connectivity index (χ4n) is 1.73. The second kappa shape index (κ2) is 5.24. The molecule has 18 heavy (non-hydrogen) atoms. The van der Waals surface area contributed by atoms with Crippen molar-refractivity contribution in [2.75, 3.05) is 5.32 Å². The van der Waals surface area contributed by atoms with Crippen LogP contribution < -0.4 is 5.32 Å². The van der Waals surface area contributed by atoms with Crippen LogP contribution in [0.3, 0.4) is 0 Å². The molecule has 1 aromatic carbocycles. The van der Waals surface area contributed by atoms with E-state index in [-0.39, 0.29) is 10.7 Å². The average molecular weight is 328 g/mol. The maximum atomic E-state index is 11.8. The first-order valence-electron chi connectivity index (χ1n) is 5.49. The third kappa shape index (κ3) is 2.49. The Labute approximate surface area is 119 Å². The Bertz CT molecular complexity index is 613. The first-order valence-corrected chi connectivity index (χ1v) is 6.79. The maximum Gasteiger partial charge on any atom is 0.237 e. The van der Waals surface area contributed by atoms with Crippen LogP contribution in [-0.4, -0.2) is 15.7 Å². The van der Waals surface area contributed by atoms with E-state index in [1.807, 2.05) is 25.1 Å². The van der Waals surface area contributed by atoms with Gasteiger partial charge in [0.15, 0.2) is 0 Å². The van der Waals surface area contributed by atoms with Gasteiger partial charge >= 0.3 is 0 Å². The number of halogens is 2. The molecule has 94 valence electrons. The predicted molar refractivity (Wildman–Crippen MR) is 78.5 cm³/mol. The molecule has 0 radical (unpaired) electrons. The van der Waals surface area contributed by atoms with E-state index >= 15 is 0 Å². The fraction of sp³-hybridized carbons (Fsp3) is 0.231. The molecule has 1 aromatic heterocycles. The minimum atomic E-state index is -0.276. The van der Waals surface area contributed by atoms with Crippen LogP contribution in [0.4, 0.5) is 5.69 Å². The van der Waals surface area contributed by atoms with Gasteiger partial charge in [-0.15, -0.1) is 0 Å². The van der Waals surface area contributed by atoms with Crippen molar-refractivity contribution in [3.8, 4) is 0 Å². The van der Waals surface area contributed by atoms with Gasteiger partial charge in [0.1, 0.15) is 0 Å². The molecule has 0 fully saturated rings. The summed E-state index contributed by atoms with van der Waals surface area (Å²) >= 11 is 9.43. The molecule has 0 aliphatic carbocycles. The molecule has 0 bridgehead atoms. The van der Waals surface area contributed by atoms with Crippen molar-refractivity contribution < 1.29 is 4.79 Å². The number of nitrogens with one attached hydrogen (secondary N) is 1. The molecule has 3 nitrogen and oxygen atoms in total. The van der Waals surface area contributed by atoms with Crippen LogP contribution >= 0.6 is 27.5 Å². The van der Waals surface area contributed by atoms with Crippen molar-refractivity contribution in [2.24, 2.45) is 0 Å². The number of carbonyl (C=O) groups is 1. The minimum absolute atomic E-state index is 0.133. The Kier molecular flexibility index (Phi) is 3.88. The lowest BCUT2D eigenvalue weighted by Gasteiger charge is -2.13. The summed E-state index contributed by atoms with van der Waals surface area (Å²) in [6.07, 6.45) is 1.72. The van der Waals surface area contributed by atoms with Gasteiger partial charge < -0.3 is 5.32 Å². The summed E-state index contributed by atoms with van der Waals surface area (Å²) < 4.78 is 0. The lowest BCUT2D eigenvalue weighted by molar-refractivity contribution is -0.115. The number of anilines is 1. The molecule has 0 spiro atoms. The van der Waals surface area contributed by atoms with Crippen molar-refractivity contribution in [1.82, 2.24) is 4.98 Å². The summed E-state index contributed by atoms with van der Waals surface area (Å²) in [5, 5.41) is 4.20. The highest BCUT2D eigenvalue weighted by atomic mass is 79.9. The Balaban J connectivity index is 2.59. The molecular formula is C13H12BrClN2O. The van der Waals surface area contributed by atoms with Crippen LogP contribution in [0.15, 0.2) is 24.4 Å². The van der Waals surface area contributed by atoms with Crippen LogP contribution in [0, 0.1) is 6.92 Å². The van der Waals surface area contributed by atoms with Crippen molar-refractivity contribution in [3.63, 3.8) is 0 Å². The number of pyridine rings is 1. The minimum Gasteiger partial charge on any atom is -0.323 e. The van der Waals surface area contributed by atoms with Crippen LogP contribution in [0.5, 0.6) is 0 Å².